The molecule has 1 N–H and O–H groups in total. The van der Waals surface area contributed by atoms with Gasteiger partial charge in [-0.05, 0) is 48.0 Å². The van der Waals surface area contributed by atoms with Crippen LogP contribution in [0.4, 0.5) is 5.69 Å². The van der Waals surface area contributed by atoms with Crippen molar-refractivity contribution in [1.29, 1.82) is 0 Å². The van der Waals surface area contributed by atoms with E-state index in [-0.39, 0.29) is 5.91 Å². The molecule has 1 heterocycles. The molecule has 0 aliphatic rings. The minimum absolute atomic E-state index is 0.200. The van der Waals surface area contributed by atoms with Crippen molar-refractivity contribution in [3.63, 3.8) is 0 Å². The van der Waals surface area contributed by atoms with Crippen LogP contribution in [0.5, 0.6) is 11.5 Å². The summed E-state index contributed by atoms with van der Waals surface area (Å²) in [6.45, 7) is 0.486. The molecule has 4 aromatic rings. The first-order chi connectivity index (χ1) is 14.2. The fourth-order valence-electron chi connectivity index (χ4n) is 2.94. The van der Waals surface area contributed by atoms with Crippen molar-refractivity contribution in [1.82, 2.24) is 4.98 Å². The molecular weight excluding hydrogens is 364 g/mol. The molecule has 5 heteroatoms. The van der Waals surface area contributed by atoms with Crippen molar-refractivity contribution < 1.29 is 14.3 Å². The van der Waals surface area contributed by atoms with Crippen molar-refractivity contribution in [2.75, 3.05) is 12.4 Å². The number of benzene rings is 3. The average Bonchev–Trinajstić information content (AvgIpc) is 2.78. The maximum atomic E-state index is 12.5. The number of rotatable bonds is 6. The molecule has 0 atom stereocenters. The van der Waals surface area contributed by atoms with Gasteiger partial charge < -0.3 is 14.8 Å². The molecule has 0 saturated heterocycles. The van der Waals surface area contributed by atoms with Crippen LogP contribution in [0.2, 0.25) is 0 Å². The number of fused-ring (bicyclic) bond motifs is 1. The van der Waals surface area contributed by atoms with Crippen LogP contribution in [0.1, 0.15) is 15.9 Å². The number of amides is 1. The first-order valence-electron chi connectivity index (χ1n) is 9.23. The lowest BCUT2D eigenvalue weighted by molar-refractivity contribution is 0.102. The lowest BCUT2D eigenvalue weighted by atomic mass is 10.2. The second-order valence-corrected chi connectivity index (χ2v) is 6.54. The van der Waals surface area contributed by atoms with Gasteiger partial charge in [-0.15, -0.1) is 0 Å². The number of hydrogen-bond acceptors (Lipinski definition) is 4. The van der Waals surface area contributed by atoms with Crippen molar-refractivity contribution in [3.8, 4) is 11.5 Å². The van der Waals surface area contributed by atoms with Crippen LogP contribution in [-0.4, -0.2) is 18.0 Å². The first kappa shape index (κ1) is 18.5. The number of aromatic nitrogens is 1. The van der Waals surface area contributed by atoms with Gasteiger partial charge in [-0.2, -0.15) is 0 Å². The maximum Gasteiger partial charge on any atom is 0.255 e. The summed E-state index contributed by atoms with van der Waals surface area (Å²) in [5.74, 6) is 1.26. The minimum atomic E-state index is -0.200. The average molecular weight is 384 g/mol. The zero-order chi connectivity index (χ0) is 20.1. The van der Waals surface area contributed by atoms with E-state index in [1.54, 1.807) is 37.6 Å². The number of ether oxygens (including phenoxy) is 2. The molecular formula is C24H20N2O3. The van der Waals surface area contributed by atoms with Crippen LogP contribution in [0.25, 0.3) is 10.9 Å². The highest BCUT2D eigenvalue weighted by molar-refractivity contribution is 6.05. The third-order valence-corrected chi connectivity index (χ3v) is 4.51. The molecule has 0 radical (unpaired) electrons. The molecule has 1 aromatic heterocycles. The van der Waals surface area contributed by atoms with E-state index in [4.69, 9.17) is 9.47 Å². The highest BCUT2D eigenvalue weighted by atomic mass is 16.5. The molecule has 5 nitrogen and oxygen atoms in total. The van der Waals surface area contributed by atoms with Gasteiger partial charge >= 0.3 is 0 Å². The number of nitrogens with one attached hydrogen (secondary N) is 1. The zero-order valence-electron chi connectivity index (χ0n) is 16.0. The third-order valence-electron chi connectivity index (χ3n) is 4.51. The standard InChI is InChI=1S/C24H20N2O3/c1-28-22-12-9-19-13-20(15-25-23(19)14-22)26-24(27)18-7-10-21(11-8-18)29-16-17-5-3-2-4-6-17/h2-15H,16H2,1H3,(H,26,27). The molecule has 0 fully saturated rings. The van der Waals surface area contributed by atoms with E-state index in [1.807, 2.05) is 54.6 Å². The molecule has 3 aromatic carbocycles. The molecule has 4 rings (SSSR count). The smallest absolute Gasteiger partial charge is 0.255 e. The Morgan fingerprint density at radius 3 is 2.45 bits per heavy atom. The van der Waals surface area contributed by atoms with E-state index in [9.17, 15) is 4.79 Å². The lowest BCUT2D eigenvalue weighted by Crippen LogP contribution is -2.12. The maximum absolute atomic E-state index is 12.5. The van der Waals surface area contributed by atoms with Crippen molar-refractivity contribution >= 4 is 22.5 Å². The monoisotopic (exact) mass is 384 g/mol. The van der Waals surface area contributed by atoms with E-state index in [0.717, 1.165) is 22.2 Å². The van der Waals surface area contributed by atoms with Crippen LogP contribution < -0.4 is 14.8 Å². The fraction of sp³-hybridized carbons (Fsp3) is 0.0833. The van der Waals surface area contributed by atoms with Gasteiger partial charge in [-0.3, -0.25) is 9.78 Å². The summed E-state index contributed by atoms with van der Waals surface area (Å²) in [7, 11) is 1.62. The Kier molecular flexibility index (Phi) is 5.38. The Bertz CT molecular complexity index is 1130. The number of pyridine rings is 1. The normalized spacial score (nSPS) is 10.5. The van der Waals surface area contributed by atoms with E-state index >= 15 is 0 Å². The topological polar surface area (TPSA) is 60.5 Å². The third kappa shape index (κ3) is 4.52. The van der Waals surface area contributed by atoms with Gasteiger partial charge in [0.25, 0.3) is 5.91 Å². The van der Waals surface area contributed by atoms with Gasteiger partial charge in [0.05, 0.1) is 24.5 Å². The van der Waals surface area contributed by atoms with Crippen LogP contribution in [0.3, 0.4) is 0 Å². The largest absolute Gasteiger partial charge is 0.497 e. The molecule has 0 saturated carbocycles. The summed E-state index contributed by atoms with van der Waals surface area (Å²) >= 11 is 0. The fourth-order valence-corrected chi connectivity index (χ4v) is 2.94. The number of carbonyl (C=O) groups excluding carboxylic acids is 1. The number of nitrogens with zero attached hydrogens (tertiary/aromatic N) is 1. The Morgan fingerprint density at radius 2 is 1.69 bits per heavy atom. The van der Waals surface area contributed by atoms with Gasteiger partial charge in [-0.25, -0.2) is 0 Å². The van der Waals surface area contributed by atoms with Crippen LogP contribution in [0.15, 0.2) is 85.1 Å². The molecule has 0 aliphatic carbocycles. The molecule has 0 aliphatic heterocycles. The minimum Gasteiger partial charge on any atom is -0.497 e. The first-order valence-corrected chi connectivity index (χ1v) is 9.23. The lowest BCUT2D eigenvalue weighted by Gasteiger charge is -2.09. The second-order valence-electron chi connectivity index (χ2n) is 6.54. The Balaban J connectivity index is 1.41. The number of hydrogen-bond donors (Lipinski definition) is 1. The Hall–Kier alpha value is -3.86. The molecule has 0 spiro atoms. The SMILES string of the molecule is COc1ccc2cc(NC(=O)c3ccc(OCc4ccccc4)cc3)cnc2c1. The van der Waals surface area contributed by atoms with E-state index in [2.05, 4.69) is 10.3 Å². The summed E-state index contributed by atoms with van der Waals surface area (Å²) in [6, 6.07) is 24.5. The molecule has 29 heavy (non-hydrogen) atoms. The van der Waals surface area contributed by atoms with Crippen molar-refractivity contribution in [2.45, 2.75) is 6.61 Å². The van der Waals surface area contributed by atoms with Crippen molar-refractivity contribution in [2.24, 2.45) is 0 Å². The number of anilines is 1. The summed E-state index contributed by atoms with van der Waals surface area (Å²) < 4.78 is 11.0. The van der Waals surface area contributed by atoms with Gasteiger partial charge in [-0.1, -0.05) is 30.3 Å². The predicted molar refractivity (Wildman–Crippen MR) is 113 cm³/mol. The quantitative estimate of drug-likeness (QED) is 0.504. The molecule has 0 unspecified atom stereocenters. The van der Waals surface area contributed by atoms with Crippen molar-refractivity contribution in [3.05, 3.63) is 96.2 Å². The van der Waals surface area contributed by atoms with Gasteiger partial charge in [0.1, 0.15) is 18.1 Å². The summed E-state index contributed by atoms with van der Waals surface area (Å²) in [5.41, 5.74) is 3.09. The number of carbonyl (C=O) groups is 1. The highest BCUT2D eigenvalue weighted by Gasteiger charge is 2.08. The van der Waals surface area contributed by atoms with Gasteiger partial charge in [0.15, 0.2) is 0 Å². The Labute approximate surface area is 168 Å². The van der Waals surface area contributed by atoms with E-state index in [0.29, 0.717) is 23.6 Å². The van der Waals surface area contributed by atoms with Gasteiger partial charge in [0.2, 0.25) is 0 Å². The predicted octanol–water partition coefficient (Wildman–Crippen LogP) is 5.07. The summed E-state index contributed by atoms with van der Waals surface area (Å²) in [5, 5.41) is 3.81. The molecule has 144 valence electrons. The van der Waals surface area contributed by atoms with Crippen LogP contribution in [0, 0.1) is 0 Å². The van der Waals surface area contributed by atoms with Crippen LogP contribution >= 0.6 is 0 Å². The molecule has 0 bridgehead atoms. The summed E-state index contributed by atoms with van der Waals surface area (Å²) in [6.07, 6.45) is 1.64. The number of methoxy groups -OCH3 is 1. The summed E-state index contributed by atoms with van der Waals surface area (Å²) in [4.78, 5) is 16.9. The van der Waals surface area contributed by atoms with Gasteiger partial charge in [0, 0.05) is 17.0 Å². The highest BCUT2D eigenvalue weighted by Crippen LogP contribution is 2.22. The Morgan fingerprint density at radius 1 is 0.931 bits per heavy atom. The molecule has 1 amide bonds. The zero-order valence-corrected chi connectivity index (χ0v) is 16.0. The van der Waals surface area contributed by atoms with Crippen LogP contribution in [-0.2, 0) is 6.61 Å². The van der Waals surface area contributed by atoms with E-state index in [1.165, 1.54) is 0 Å². The second kappa shape index (κ2) is 8.44. The van der Waals surface area contributed by atoms with E-state index < -0.39 is 0 Å².